The first-order valence-corrected chi connectivity index (χ1v) is 6.78. The lowest BCUT2D eigenvalue weighted by Gasteiger charge is -2.22. The van der Waals surface area contributed by atoms with Gasteiger partial charge in [0.25, 0.3) is 5.91 Å². The molecule has 0 heterocycles. The summed E-state index contributed by atoms with van der Waals surface area (Å²) in [5, 5.41) is 23.6. The Balaban J connectivity index is 2.07. The number of methoxy groups -OCH3 is 1. The van der Waals surface area contributed by atoms with Crippen molar-refractivity contribution in [2.24, 2.45) is 0 Å². The number of rotatable bonds is 5. The van der Waals surface area contributed by atoms with E-state index in [4.69, 9.17) is 4.74 Å². The molecule has 1 aliphatic rings. The summed E-state index contributed by atoms with van der Waals surface area (Å²) in [6.07, 6.45) is 3.27. The lowest BCUT2D eigenvalue weighted by atomic mass is 10.0. The van der Waals surface area contributed by atoms with Crippen LogP contribution >= 0.6 is 0 Å². The number of benzene rings is 1. The molecule has 21 heavy (non-hydrogen) atoms. The van der Waals surface area contributed by atoms with Gasteiger partial charge in [-0.2, -0.15) is 0 Å². The smallest absolute Gasteiger partial charge is 0.310 e. The predicted molar refractivity (Wildman–Crippen MR) is 75.4 cm³/mol. The van der Waals surface area contributed by atoms with Crippen molar-refractivity contribution in [1.29, 1.82) is 0 Å². The Morgan fingerprint density at radius 2 is 2.14 bits per heavy atom. The van der Waals surface area contributed by atoms with Crippen molar-refractivity contribution in [2.45, 2.75) is 31.3 Å². The molecule has 1 amide bonds. The van der Waals surface area contributed by atoms with Crippen LogP contribution in [0.3, 0.4) is 0 Å². The number of ether oxygens (including phenoxy) is 1. The van der Waals surface area contributed by atoms with Crippen molar-refractivity contribution in [3.05, 3.63) is 33.9 Å². The van der Waals surface area contributed by atoms with Gasteiger partial charge in [0.15, 0.2) is 5.75 Å². The normalized spacial score (nSPS) is 16.5. The Hall–Kier alpha value is -2.15. The second-order valence-corrected chi connectivity index (χ2v) is 5.26. The quantitative estimate of drug-likeness (QED) is 0.635. The second kappa shape index (κ2) is 6.09. The first kappa shape index (κ1) is 15.2. The number of nitro groups is 1. The third-order valence-electron chi connectivity index (χ3n) is 3.75. The lowest BCUT2D eigenvalue weighted by Crippen LogP contribution is -2.40. The zero-order valence-corrected chi connectivity index (χ0v) is 11.8. The van der Waals surface area contributed by atoms with Crippen LogP contribution in [0, 0.1) is 10.1 Å². The molecule has 0 radical (unpaired) electrons. The number of carbonyl (C=O) groups is 1. The topological polar surface area (TPSA) is 102 Å². The highest BCUT2D eigenvalue weighted by molar-refractivity contribution is 5.95. The summed E-state index contributed by atoms with van der Waals surface area (Å²) in [5.74, 6) is -0.351. The molecule has 1 saturated carbocycles. The first-order chi connectivity index (χ1) is 9.95. The van der Waals surface area contributed by atoms with E-state index < -0.39 is 10.5 Å². The fourth-order valence-electron chi connectivity index (χ4n) is 2.53. The Bertz CT molecular complexity index is 552. The lowest BCUT2D eigenvalue weighted by molar-refractivity contribution is -0.385. The molecule has 0 bridgehead atoms. The Morgan fingerprint density at radius 1 is 1.48 bits per heavy atom. The summed E-state index contributed by atoms with van der Waals surface area (Å²) in [7, 11) is 1.31. The van der Waals surface area contributed by atoms with Gasteiger partial charge in [-0.25, -0.2) is 0 Å². The summed E-state index contributed by atoms with van der Waals surface area (Å²) in [6.45, 7) is 0.186. The average Bonchev–Trinajstić information content (AvgIpc) is 2.91. The van der Waals surface area contributed by atoms with Gasteiger partial charge >= 0.3 is 5.69 Å². The molecule has 7 heteroatoms. The SMILES string of the molecule is COc1cc(C(=O)NCC2(O)CCCC2)ccc1[N+](=O)[O-]. The van der Waals surface area contributed by atoms with Gasteiger partial charge in [0.2, 0.25) is 0 Å². The van der Waals surface area contributed by atoms with E-state index in [1.165, 1.54) is 25.3 Å². The van der Waals surface area contributed by atoms with Crippen molar-refractivity contribution in [3.63, 3.8) is 0 Å². The van der Waals surface area contributed by atoms with Gasteiger partial charge < -0.3 is 15.2 Å². The van der Waals surface area contributed by atoms with Crippen LogP contribution in [0.25, 0.3) is 0 Å². The molecule has 0 aromatic heterocycles. The van der Waals surface area contributed by atoms with Crippen molar-refractivity contribution in [1.82, 2.24) is 5.32 Å². The van der Waals surface area contributed by atoms with E-state index in [2.05, 4.69) is 5.32 Å². The standard InChI is InChI=1S/C14H18N2O5/c1-21-12-8-10(4-5-11(12)16(19)20)13(17)15-9-14(18)6-2-3-7-14/h4-5,8,18H,2-3,6-7,9H2,1H3,(H,15,17). The van der Waals surface area contributed by atoms with Gasteiger partial charge in [-0.05, 0) is 18.9 Å². The Kier molecular flexibility index (Phi) is 4.42. The predicted octanol–water partition coefficient (Wildman–Crippen LogP) is 1.64. The molecule has 7 nitrogen and oxygen atoms in total. The fraction of sp³-hybridized carbons (Fsp3) is 0.500. The number of aliphatic hydroxyl groups is 1. The zero-order valence-electron chi connectivity index (χ0n) is 11.8. The molecule has 1 aromatic carbocycles. The van der Waals surface area contributed by atoms with Crippen molar-refractivity contribution in [2.75, 3.05) is 13.7 Å². The molecule has 0 aliphatic heterocycles. The van der Waals surface area contributed by atoms with Crippen LogP contribution in [0.2, 0.25) is 0 Å². The highest BCUT2D eigenvalue weighted by Crippen LogP contribution is 2.29. The summed E-state index contributed by atoms with van der Waals surface area (Å²) in [4.78, 5) is 22.3. The Morgan fingerprint density at radius 3 is 2.71 bits per heavy atom. The minimum atomic E-state index is -0.833. The molecule has 1 aliphatic carbocycles. The minimum Gasteiger partial charge on any atom is -0.490 e. The van der Waals surface area contributed by atoms with E-state index >= 15 is 0 Å². The number of nitro benzene ring substituents is 1. The average molecular weight is 294 g/mol. The molecule has 0 saturated heterocycles. The summed E-state index contributed by atoms with van der Waals surface area (Å²) in [5.41, 5.74) is -0.761. The van der Waals surface area contributed by atoms with E-state index in [0.717, 1.165) is 12.8 Å². The highest BCUT2D eigenvalue weighted by atomic mass is 16.6. The van der Waals surface area contributed by atoms with E-state index in [0.29, 0.717) is 12.8 Å². The van der Waals surface area contributed by atoms with Crippen LogP contribution in [0.5, 0.6) is 5.75 Å². The maximum absolute atomic E-state index is 12.0. The molecular weight excluding hydrogens is 276 g/mol. The summed E-state index contributed by atoms with van der Waals surface area (Å²) in [6, 6.07) is 3.93. The van der Waals surface area contributed by atoms with Crippen LogP contribution in [0.15, 0.2) is 18.2 Å². The largest absolute Gasteiger partial charge is 0.490 e. The van der Waals surface area contributed by atoms with Crippen LogP contribution in [-0.2, 0) is 0 Å². The number of amides is 1. The summed E-state index contributed by atoms with van der Waals surface area (Å²) >= 11 is 0. The molecule has 2 N–H and O–H groups in total. The van der Waals surface area contributed by atoms with Crippen molar-refractivity contribution in [3.8, 4) is 5.75 Å². The van der Waals surface area contributed by atoms with Gasteiger partial charge in [-0.15, -0.1) is 0 Å². The van der Waals surface area contributed by atoms with Crippen LogP contribution in [0.4, 0.5) is 5.69 Å². The third-order valence-corrected chi connectivity index (χ3v) is 3.75. The van der Waals surface area contributed by atoms with E-state index in [-0.39, 0.29) is 29.5 Å². The number of nitrogens with one attached hydrogen (secondary N) is 1. The van der Waals surface area contributed by atoms with Crippen molar-refractivity contribution >= 4 is 11.6 Å². The molecule has 1 fully saturated rings. The zero-order chi connectivity index (χ0) is 15.5. The molecular formula is C14H18N2O5. The van der Waals surface area contributed by atoms with Crippen LogP contribution in [0.1, 0.15) is 36.0 Å². The molecule has 1 aromatic rings. The molecule has 2 rings (SSSR count). The van der Waals surface area contributed by atoms with Gasteiger partial charge in [0.1, 0.15) is 0 Å². The third kappa shape index (κ3) is 3.49. The van der Waals surface area contributed by atoms with Gasteiger partial charge in [0.05, 0.1) is 17.6 Å². The van der Waals surface area contributed by atoms with E-state index in [9.17, 15) is 20.0 Å². The van der Waals surface area contributed by atoms with Gasteiger partial charge in [0, 0.05) is 24.2 Å². The van der Waals surface area contributed by atoms with Crippen LogP contribution < -0.4 is 10.1 Å². The van der Waals surface area contributed by atoms with E-state index in [1.807, 2.05) is 0 Å². The number of hydrogen-bond donors (Lipinski definition) is 2. The summed E-state index contributed by atoms with van der Waals surface area (Å²) < 4.78 is 4.92. The molecule has 114 valence electrons. The maximum atomic E-state index is 12.0. The number of hydrogen-bond acceptors (Lipinski definition) is 5. The minimum absolute atomic E-state index is 0.0345. The fourth-order valence-corrected chi connectivity index (χ4v) is 2.53. The highest BCUT2D eigenvalue weighted by Gasteiger charge is 2.31. The molecule has 0 unspecified atom stereocenters. The van der Waals surface area contributed by atoms with Crippen LogP contribution in [-0.4, -0.2) is 35.2 Å². The first-order valence-electron chi connectivity index (χ1n) is 6.78. The monoisotopic (exact) mass is 294 g/mol. The molecule has 0 spiro atoms. The van der Waals surface area contributed by atoms with Gasteiger partial charge in [-0.3, -0.25) is 14.9 Å². The van der Waals surface area contributed by atoms with Crippen molar-refractivity contribution < 1.29 is 19.6 Å². The van der Waals surface area contributed by atoms with E-state index in [1.54, 1.807) is 0 Å². The van der Waals surface area contributed by atoms with Gasteiger partial charge in [-0.1, -0.05) is 12.8 Å². The number of carbonyl (C=O) groups excluding carboxylic acids is 1. The molecule has 0 atom stereocenters. The maximum Gasteiger partial charge on any atom is 0.310 e. The second-order valence-electron chi connectivity index (χ2n) is 5.26. The number of nitrogens with zero attached hydrogens (tertiary/aromatic N) is 1. The Labute approximate surface area is 122 Å².